The van der Waals surface area contributed by atoms with E-state index in [1.165, 1.54) is 0 Å². The van der Waals surface area contributed by atoms with E-state index in [1.54, 1.807) is 19.1 Å². The highest BCUT2D eigenvalue weighted by molar-refractivity contribution is 5.89. The van der Waals surface area contributed by atoms with E-state index in [0.717, 1.165) is 13.1 Å². The third-order valence-corrected chi connectivity index (χ3v) is 1.86. The molecule has 0 radical (unpaired) electrons. The maximum Gasteiger partial charge on any atom is 0.338 e. The van der Waals surface area contributed by atoms with Gasteiger partial charge in [-0.15, -0.1) is 13.2 Å². The molecule has 0 saturated carbocycles. The minimum atomic E-state index is -0.256. The number of carbonyl (C=O) groups excluding carboxylic acids is 1. The first-order valence-corrected chi connectivity index (χ1v) is 5.90. The van der Waals surface area contributed by atoms with Crippen molar-refractivity contribution in [3.05, 3.63) is 61.2 Å². The van der Waals surface area contributed by atoms with Crippen LogP contribution in [0.2, 0.25) is 0 Å². The number of benzene rings is 1. The summed E-state index contributed by atoms with van der Waals surface area (Å²) in [4.78, 5) is 11.0. The lowest BCUT2D eigenvalue weighted by Crippen LogP contribution is -2.11. The molecule has 0 bridgehead atoms. The summed E-state index contributed by atoms with van der Waals surface area (Å²) < 4.78 is 4.79. The van der Waals surface area contributed by atoms with Crippen molar-refractivity contribution < 1.29 is 9.53 Å². The lowest BCUT2D eigenvalue weighted by atomic mass is 10.2. The van der Waals surface area contributed by atoms with Crippen LogP contribution in [0.15, 0.2) is 55.6 Å². The maximum absolute atomic E-state index is 11.0. The first-order valence-electron chi connectivity index (χ1n) is 5.90. The maximum atomic E-state index is 11.0. The molecule has 1 N–H and O–H groups in total. The van der Waals surface area contributed by atoms with Crippen LogP contribution in [0, 0.1) is 0 Å². The molecule has 0 heterocycles. The Morgan fingerprint density at radius 1 is 1.22 bits per heavy atom. The molecule has 0 fully saturated rings. The van der Waals surface area contributed by atoms with Crippen molar-refractivity contribution in [2.45, 2.75) is 6.92 Å². The Kier molecular flexibility index (Phi) is 10.4. The Morgan fingerprint density at radius 3 is 2.22 bits per heavy atom. The summed E-state index contributed by atoms with van der Waals surface area (Å²) in [6.07, 6.45) is 3.65. The molecule has 0 unspecified atom stereocenters. The largest absolute Gasteiger partial charge is 0.462 e. The normalized spacial score (nSPS) is 8.72. The third kappa shape index (κ3) is 8.30. The fourth-order valence-electron chi connectivity index (χ4n) is 1.08. The molecule has 3 heteroatoms. The Morgan fingerprint density at radius 2 is 1.78 bits per heavy atom. The van der Waals surface area contributed by atoms with Crippen molar-refractivity contribution in [2.75, 3.05) is 19.7 Å². The van der Waals surface area contributed by atoms with Gasteiger partial charge in [-0.2, -0.15) is 0 Å². The van der Waals surface area contributed by atoms with Crippen LogP contribution in [-0.4, -0.2) is 25.7 Å². The van der Waals surface area contributed by atoms with E-state index in [-0.39, 0.29) is 5.97 Å². The number of nitrogens with one attached hydrogen (secondary N) is 1. The van der Waals surface area contributed by atoms with Crippen LogP contribution in [-0.2, 0) is 4.74 Å². The molecular formula is C15H21NO2. The summed E-state index contributed by atoms with van der Waals surface area (Å²) >= 11 is 0. The number of ether oxygens (including phenoxy) is 1. The molecule has 98 valence electrons. The Hall–Kier alpha value is -1.87. The van der Waals surface area contributed by atoms with Gasteiger partial charge in [-0.3, -0.25) is 0 Å². The van der Waals surface area contributed by atoms with Gasteiger partial charge in [0, 0.05) is 13.1 Å². The molecule has 0 aliphatic heterocycles. The van der Waals surface area contributed by atoms with Gasteiger partial charge < -0.3 is 10.1 Å². The number of hydrogen-bond donors (Lipinski definition) is 1. The van der Waals surface area contributed by atoms with Crippen LogP contribution in [0.1, 0.15) is 17.3 Å². The van der Waals surface area contributed by atoms with Crippen LogP contribution in [0.3, 0.4) is 0 Å². The molecule has 3 nitrogen and oxygen atoms in total. The molecule has 1 aromatic carbocycles. The smallest absolute Gasteiger partial charge is 0.338 e. The second-order valence-electron chi connectivity index (χ2n) is 3.32. The lowest BCUT2D eigenvalue weighted by molar-refractivity contribution is 0.0526. The van der Waals surface area contributed by atoms with E-state index in [2.05, 4.69) is 18.5 Å². The molecule has 0 aliphatic carbocycles. The minimum Gasteiger partial charge on any atom is -0.462 e. The van der Waals surface area contributed by atoms with Crippen molar-refractivity contribution in [1.29, 1.82) is 0 Å². The second-order valence-corrected chi connectivity index (χ2v) is 3.32. The fraction of sp³-hybridized carbons (Fsp3) is 0.267. The summed E-state index contributed by atoms with van der Waals surface area (Å²) in [5, 5.41) is 3.05. The van der Waals surface area contributed by atoms with Crippen molar-refractivity contribution in [2.24, 2.45) is 0 Å². The molecule has 0 saturated heterocycles. The van der Waals surface area contributed by atoms with Crippen LogP contribution in [0.25, 0.3) is 0 Å². The van der Waals surface area contributed by atoms with Gasteiger partial charge >= 0.3 is 5.97 Å². The zero-order chi connectivity index (χ0) is 13.6. The van der Waals surface area contributed by atoms with Crippen LogP contribution < -0.4 is 5.32 Å². The summed E-state index contributed by atoms with van der Waals surface area (Å²) in [6.45, 7) is 11.0. The molecule has 1 rings (SSSR count). The second kappa shape index (κ2) is 11.6. The molecule has 0 aliphatic rings. The summed E-state index contributed by atoms with van der Waals surface area (Å²) in [5.41, 5.74) is 0.606. The predicted molar refractivity (Wildman–Crippen MR) is 75.7 cm³/mol. The number of rotatable bonds is 6. The molecule has 18 heavy (non-hydrogen) atoms. The zero-order valence-electron chi connectivity index (χ0n) is 10.9. The molecule has 0 amide bonds. The van der Waals surface area contributed by atoms with Gasteiger partial charge in [0.2, 0.25) is 0 Å². The fourth-order valence-corrected chi connectivity index (χ4v) is 1.08. The van der Waals surface area contributed by atoms with Crippen LogP contribution in [0.5, 0.6) is 0 Å². The van der Waals surface area contributed by atoms with E-state index in [0.29, 0.717) is 12.2 Å². The summed E-state index contributed by atoms with van der Waals surface area (Å²) in [7, 11) is 0. The number of esters is 1. The van der Waals surface area contributed by atoms with Crippen LogP contribution in [0.4, 0.5) is 0 Å². The van der Waals surface area contributed by atoms with E-state index < -0.39 is 0 Å². The van der Waals surface area contributed by atoms with Crippen LogP contribution >= 0.6 is 0 Å². The van der Waals surface area contributed by atoms with Crippen molar-refractivity contribution in [3.63, 3.8) is 0 Å². The van der Waals surface area contributed by atoms with Gasteiger partial charge in [-0.25, -0.2) is 4.79 Å². The molecule has 0 aromatic heterocycles. The van der Waals surface area contributed by atoms with Gasteiger partial charge in [0.15, 0.2) is 0 Å². The first-order chi connectivity index (χ1) is 8.76. The summed E-state index contributed by atoms with van der Waals surface area (Å²) in [6, 6.07) is 8.96. The molecule has 1 aromatic rings. The lowest BCUT2D eigenvalue weighted by Gasteiger charge is -1.99. The van der Waals surface area contributed by atoms with Crippen molar-refractivity contribution >= 4 is 5.97 Å². The highest BCUT2D eigenvalue weighted by atomic mass is 16.5. The van der Waals surface area contributed by atoms with Gasteiger partial charge in [0.05, 0.1) is 12.2 Å². The van der Waals surface area contributed by atoms with E-state index in [9.17, 15) is 4.79 Å². The van der Waals surface area contributed by atoms with E-state index in [1.807, 2.05) is 30.4 Å². The topological polar surface area (TPSA) is 38.3 Å². The van der Waals surface area contributed by atoms with E-state index >= 15 is 0 Å². The number of carbonyl (C=O) groups is 1. The van der Waals surface area contributed by atoms with Gasteiger partial charge in [-0.1, -0.05) is 30.4 Å². The molecular weight excluding hydrogens is 226 g/mol. The SMILES string of the molecule is C=CCNCC=C.CCOC(=O)c1ccccc1. The average molecular weight is 247 g/mol. The molecule has 0 atom stereocenters. The zero-order valence-corrected chi connectivity index (χ0v) is 10.9. The standard InChI is InChI=1S/C9H10O2.C6H11N/c1-2-11-9(10)8-6-4-3-5-7-8;1-3-5-7-6-4-2/h3-7H,2H2,1H3;3-4,7H,1-2,5-6H2. The summed E-state index contributed by atoms with van der Waals surface area (Å²) in [5.74, 6) is -0.256. The number of hydrogen-bond acceptors (Lipinski definition) is 3. The Balaban J connectivity index is 0.000000360. The highest BCUT2D eigenvalue weighted by Gasteiger charge is 2.02. The average Bonchev–Trinajstić information content (AvgIpc) is 2.41. The predicted octanol–water partition coefficient (Wildman–Crippen LogP) is 2.81. The minimum absolute atomic E-state index is 0.256. The van der Waals surface area contributed by atoms with Gasteiger partial charge in [-0.05, 0) is 19.1 Å². The monoisotopic (exact) mass is 247 g/mol. The van der Waals surface area contributed by atoms with Crippen molar-refractivity contribution in [1.82, 2.24) is 5.32 Å². The van der Waals surface area contributed by atoms with Gasteiger partial charge in [0.25, 0.3) is 0 Å². The Bertz CT molecular complexity index is 339. The Labute approximate surface area is 109 Å². The van der Waals surface area contributed by atoms with Gasteiger partial charge in [0.1, 0.15) is 0 Å². The van der Waals surface area contributed by atoms with E-state index in [4.69, 9.17) is 4.74 Å². The highest BCUT2D eigenvalue weighted by Crippen LogP contribution is 1.99. The molecule has 0 spiro atoms. The quantitative estimate of drug-likeness (QED) is 0.477. The van der Waals surface area contributed by atoms with Crippen molar-refractivity contribution in [3.8, 4) is 0 Å². The third-order valence-electron chi connectivity index (χ3n) is 1.86. The first kappa shape index (κ1) is 16.1.